The summed E-state index contributed by atoms with van der Waals surface area (Å²) in [7, 11) is 0. The van der Waals surface area contributed by atoms with Crippen molar-refractivity contribution in [3.8, 4) is 11.5 Å². The molecule has 0 bridgehead atoms. The van der Waals surface area contributed by atoms with Crippen LogP contribution >= 0.6 is 0 Å². The molecule has 0 saturated heterocycles. The van der Waals surface area contributed by atoms with Crippen LogP contribution in [-0.2, 0) is 6.18 Å². The summed E-state index contributed by atoms with van der Waals surface area (Å²) in [5.41, 5.74) is -0.858. The topological polar surface area (TPSA) is 83.0 Å². The zero-order valence-corrected chi connectivity index (χ0v) is 16.5. The lowest BCUT2D eigenvalue weighted by molar-refractivity contribution is -0.137. The number of nitrogens with one attached hydrogen (secondary N) is 3. The Morgan fingerprint density at radius 2 is 1.84 bits per heavy atom. The van der Waals surface area contributed by atoms with E-state index in [9.17, 15) is 31.1 Å². The van der Waals surface area contributed by atoms with E-state index in [1.807, 2.05) is 0 Å². The first-order valence-electron chi connectivity index (χ1n) is 9.76. The third kappa shape index (κ3) is 6.25. The summed E-state index contributed by atoms with van der Waals surface area (Å²) >= 11 is 0. The Hall–Kier alpha value is -2.50. The van der Waals surface area contributed by atoms with Crippen molar-refractivity contribution in [2.24, 2.45) is 5.92 Å². The number of rotatable bonds is 6. The van der Waals surface area contributed by atoms with Crippen LogP contribution in [0.2, 0.25) is 0 Å². The third-order valence-corrected chi connectivity index (χ3v) is 5.46. The van der Waals surface area contributed by atoms with Gasteiger partial charge in [0.2, 0.25) is 5.89 Å². The van der Waals surface area contributed by atoms with E-state index in [0.29, 0.717) is 25.7 Å². The molecule has 0 spiro atoms. The molecule has 6 nitrogen and oxygen atoms in total. The second kappa shape index (κ2) is 8.93. The van der Waals surface area contributed by atoms with E-state index >= 15 is 0 Å². The molecule has 0 radical (unpaired) electrons. The van der Waals surface area contributed by atoms with Gasteiger partial charge in [-0.2, -0.15) is 26.3 Å². The molecule has 1 fully saturated rings. The first kappa shape index (κ1) is 23.2. The number of aromatic nitrogens is 2. The molecule has 1 heterocycles. The van der Waals surface area contributed by atoms with Gasteiger partial charge in [0.05, 0.1) is 12.1 Å². The minimum absolute atomic E-state index is 0.00279. The van der Waals surface area contributed by atoms with Crippen molar-refractivity contribution >= 4 is 5.69 Å². The number of hydrogen-bond donors (Lipinski definition) is 3. The summed E-state index contributed by atoms with van der Waals surface area (Å²) in [6.07, 6.45) is -6.70. The highest BCUT2D eigenvalue weighted by molar-refractivity contribution is 5.65. The van der Waals surface area contributed by atoms with Crippen LogP contribution in [0.1, 0.15) is 38.2 Å². The fourth-order valence-electron chi connectivity index (χ4n) is 3.84. The number of H-pyrrole nitrogens is 1. The molecule has 1 aromatic heterocycles. The first-order chi connectivity index (χ1) is 14.4. The fourth-order valence-corrected chi connectivity index (χ4v) is 3.84. The largest absolute Gasteiger partial charge is 0.434 e. The average Bonchev–Trinajstić information content (AvgIpc) is 3.11. The highest BCUT2D eigenvalue weighted by Gasteiger charge is 2.35. The Kier molecular flexibility index (Phi) is 6.68. The highest BCUT2D eigenvalue weighted by Crippen LogP contribution is 2.38. The van der Waals surface area contributed by atoms with Gasteiger partial charge in [-0.3, -0.25) is 0 Å². The van der Waals surface area contributed by atoms with E-state index in [-0.39, 0.29) is 35.1 Å². The normalized spacial score (nSPS) is 21.1. The molecule has 1 aliphatic carbocycles. The number of alkyl halides is 6. The van der Waals surface area contributed by atoms with Crippen LogP contribution in [-0.4, -0.2) is 35.0 Å². The first-order valence-corrected chi connectivity index (χ1v) is 9.76. The van der Waals surface area contributed by atoms with E-state index in [1.165, 1.54) is 6.07 Å². The molecular formula is C19H22F6N4O2. The van der Waals surface area contributed by atoms with Gasteiger partial charge in [0.1, 0.15) is 0 Å². The van der Waals surface area contributed by atoms with Gasteiger partial charge in [0, 0.05) is 23.3 Å². The molecule has 3 rings (SSSR count). The maximum atomic E-state index is 13.5. The van der Waals surface area contributed by atoms with Crippen LogP contribution in [0.5, 0.6) is 0 Å². The van der Waals surface area contributed by atoms with Crippen LogP contribution in [0, 0.1) is 5.92 Å². The van der Waals surface area contributed by atoms with Crippen molar-refractivity contribution in [3.63, 3.8) is 0 Å². The zero-order valence-electron chi connectivity index (χ0n) is 16.5. The Labute approximate surface area is 173 Å². The number of hydrogen-bond acceptors (Lipinski definition) is 5. The quantitative estimate of drug-likeness (QED) is 0.560. The van der Waals surface area contributed by atoms with Crippen molar-refractivity contribution in [2.45, 2.75) is 57.0 Å². The molecule has 2 aromatic rings. The van der Waals surface area contributed by atoms with Gasteiger partial charge in [0.25, 0.3) is 0 Å². The molecule has 31 heavy (non-hydrogen) atoms. The standard InChI is InChI=1S/C19H22F6N4O2/c1-10(11-2-5-13(6-3-11)26-9-18(20,21)22)27-15-8-12(16-28-29-17(30)31-16)4-7-14(15)19(23,24)25/h4,7-8,10-11,13,26-27H,2-3,5-6,9H2,1H3,(H,29,30)/t10-,11?,13?/m0/s1. The molecule has 1 aromatic carbocycles. The minimum atomic E-state index is -4.60. The van der Waals surface area contributed by atoms with Crippen LogP contribution in [0.3, 0.4) is 0 Å². The summed E-state index contributed by atoms with van der Waals surface area (Å²) in [5.74, 6) is -0.962. The van der Waals surface area contributed by atoms with Gasteiger partial charge in [0.15, 0.2) is 0 Å². The molecule has 0 unspecified atom stereocenters. The smallest absolute Gasteiger partial charge is 0.388 e. The number of nitrogens with zero attached hydrogens (tertiary/aromatic N) is 1. The highest BCUT2D eigenvalue weighted by atomic mass is 19.4. The fraction of sp³-hybridized carbons (Fsp3) is 0.579. The summed E-state index contributed by atoms with van der Waals surface area (Å²) < 4.78 is 82.3. The molecule has 12 heteroatoms. The van der Waals surface area contributed by atoms with E-state index in [1.54, 1.807) is 6.92 Å². The number of anilines is 1. The van der Waals surface area contributed by atoms with E-state index < -0.39 is 30.2 Å². The van der Waals surface area contributed by atoms with Crippen molar-refractivity contribution in [1.29, 1.82) is 0 Å². The molecule has 1 aliphatic rings. The van der Waals surface area contributed by atoms with Crippen LogP contribution in [0.15, 0.2) is 27.4 Å². The number of aromatic amines is 1. The lowest BCUT2D eigenvalue weighted by atomic mass is 9.82. The molecule has 3 N–H and O–H groups in total. The van der Waals surface area contributed by atoms with Crippen LogP contribution < -0.4 is 16.4 Å². The molecule has 0 amide bonds. The Morgan fingerprint density at radius 1 is 1.16 bits per heavy atom. The second-order valence-corrected chi connectivity index (χ2v) is 7.72. The summed E-state index contributed by atoms with van der Waals surface area (Å²) in [6, 6.07) is 2.65. The number of halogens is 6. The lowest BCUT2D eigenvalue weighted by Crippen LogP contribution is -2.41. The Bertz CT molecular complexity index is 928. The predicted molar refractivity (Wildman–Crippen MR) is 100 cm³/mol. The van der Waals surface area contributed by atoms with Gasteiger partial charge >= 0.3 is 18.1 Å². The average molecular weight is 452 g/mol. The van der Waals surface area contributed by atoms with Crippen molar-refractivity contribution in [3.05, 3.63) is 34.3 Å². The van der Waals surface area contributed by atoms with E-state index in [0.717, 1.165) is 12.1 Å². The summed E-state index contributed by atoms with van der Waals surface area (Å²) in [6.45, 7) is 0.691. The molecule has 1 atom stereocenters. The lowest BCUT2D eigenvalue weighted by Gasteiger charge is -2.34. The van der Waals surface area contributed by atoms with Gasteiger partial charge in [-0.25, -0.2) is 9.89 Å². The monoisotopic (exact) mass is 452 g/mol. The van der Waals surface area contributed by atoms with Crippen LogP contribution in [0.25, 0.3) is 11.5 Å². The Balaban J connectivity index is 1.70. The summed E-state index contributed by atoms with van der Waals surface area (Å²) in [5, 5.41) is 11.1. The van der Waals surface area contributed by atoms with Crippen molar-refractivity contribution < 1.29 is 30.8 Å². The van der Waals surface area contributed by atoms with Gasteiger partial charge in [-0.1, -0.05) is 0 Å². The Morgan fingerprint density at radius 3 is 2.39 bits per heavy atom. The maximum Gasteiger partial charge on any atom is 0.434 e. The van der Waals surface area contributed by atoms with E-state index in [2.05, 4.69) is 20.8 Å². The molecule has 172 valence electrons. The van der Waals surface area contributed by atoms with Gasteiger partial charge in [-0.15, -0.1) is 5.10 Å². The third-order valence-electron chi connectivity index (χ3n) is 5.46. The van der Waals surface area contributed by atoms with Crippen LogP contribution in [0.4, 0.5) is 32.0 Å². The summed E-state index contributed by atoms with van der Waals surface area (Å²) in [4.78, 5) is 11.1. The predicted octanol–water partition coefficient (Wildman–Crippen LogP) is 4.56. The van der Waals surface area contributed by atoms with Crippen molar-refractivity contribution in [2.75, 3.05) is 11.9 Å². The number of benzene rings is 1. The molecular weight excluding hydrogens is 430 g/mol. The molecule has 1 saturated carbocycles. The second-order valence-electron chi connectivity index (χ2n) is 7.72. The SMILES string of the molecule is C[C@H](Nc1cc(-c2n[nH]c(=O)o2)ccc1C(F)(F)F)C1CCC(NCC(F)(F)F)CC1. The van der Waals surface area contributed by atoms with Crippen molar-refractivity contribution in [1.82, 2.24) is 15.5 Å². The molecule has 0 aliphatic heterocycles. The van der Waals surface area contributed by atoms with E-state index in [4.69, 9.17) is 4.42 Å². The van der Waals surface area contributed by atoms with Gasteiger partial charge in [-0.05, 0) is 56.7 Å². The minimum Gasteiger partial charge on any atom is -0.388 e. The zero-order chi connectivity index (χ0) is 22.8. The van der Waals surface area contributed by atoms with Gasteiger partial charge < -0.3 is 15.1 Å². The maximum absolute atomic E-state index is 13.5.